The molecule has 0 spiro atoms. The minimum absolute atomic E-state index is 0.347. The van der Waals surface area contributed by atoms with Gasteiger partial charge in [0.2, 0.25) is 0 Å². The molecule has 4 N–H and O–H groups in total. The molecule has 1 fully saturated rings. The van der Waals surface area contributed by atoms with Gasteiger partial charge in [-0.15, -0.1) is 0 Å². The van der Waals surface area contributed by atoms with Crippen LogP contribution in [0.2, 0.25) is 0 Å². The summed E-state index contributed by atoms with van der Waals surface area (Å²) >= 11 is 0. The Balaban J connectivity index is 2.30. The van der Waals surface area contributed by atoms with E-state index in [0.29, 0.717) is 13.0 Å². The molecule has 1 heterocycles. The van der Waals surface area contributed by atoms with Crippen molar-refractivity contribution in [1.29, 1.82) is 0 Å². The zero-order valence-electron chi connectivity index (χ0n) is 4.99. The predicted octanol–water partition coefficient (Wildman–Crippen LogP) is -1.98. The van der Waals surface area contributed by atoms with Gasteiger partial charge in [-0.1, -0.05) is 0 Å². The number of aliphatic hydroxyl groups excluding tert-OH is 2. The molecule has 0 radical (unpaired) electrons. The van der Waals surface area contributed by atoms with Gasteiger partial charge < -0.3 is 20.6 Å². The molecule has 1 aliphatic heterocycles. The largest absolute Gasteiger partial charge is 0.392 e. The van der Waals surface area contributed by atoms with E-state index in [1.54, 1.807) is 0 Å². The van der Waals surface area contributed by atoms with Crippen LogP contribution in [-0.2, 0) is 0 Å². The molecule has 0 aromatic rings. The number of nitrogens with one attached hydrogen (secondary N) is 1. The molecule has 0 aromatic heterocycles. The van der Waals surface area contributed by atoms with Crippen molar-refractivity contribution in [3.63, 3.8) is 0 Å². The van der Waals surface area contributed by atoms with Crippen molar-refractivity contribution in [2.24, 2.45) is 0 Å². The Labute approximate surface area is 53.1 Å². The highest BCUT2D eigenvalue weighted by atomic mass is 16.5. The summed E-state index contributed by atoms with van der Waals surface area (Å²) in [5, 5.41) is 28.7. The van der Waals surface area contributed by atoms with Crippen LogP contribution in [0.4, 0.5) is 0 Å². The highest BCUT2D eigenvalue weighted by molar-refractivity contribution is 4.81. The van der Waals surface area contributed by atoms with Crippen LogP contribution in [0.1, 0.15) is 6.42 Å². The topological polar surface area (TPSA) is 72.7 Å². The van der Waals surface area contributed by atoms with Gasteiger partial charge in [-0.05, 0) is 6.42 Å². The third-order valence-electron chi connectivity index (χ3n) is 1.50. The second-order valence-electron chi connectivity index (χ2n) is 2.32. The molecular formula is C5H11NO3. The van der Waals surface area contributed by atoms with Crippen molar-refractivity contribution in [2.45, 2.75) is 24.9 Å². The first-order valence-electron chi connectivity index (χ1n) is 2.97. The summed E-state index contributed by atoms with van der Waals surface area (Å²) in [6.45, 7) is 0.461. The Morgan fingerprint density at radius 3 is 2.33 bits per heavy atom. The van der Waals surface area contributed by atoms with E-state index in [1.165, 1.54) is 0 Å². The summed E-state index contributed by atoms with van der Waals surface area (Å²) in [5.41, 5.74) is 0. The lowest BCUT2D eigenvalue weighted by Gasteiger charge is -2.10. The van der Waals surface area contributed by atoms with E-state index in [9.17, 15) is 0 Å². The van der Waals surface area contributed by atoms with Crippen LogP contribution in [0.3, 0.4) is 0 Å². The molecule has 54 valence electrons. The summed E-state index contributed by atoms with van der Waals surface area (Å²) in [4.78, 5) is 0. The third kappa shape index (κ3) is 1.62. The standard InChI is InChI=1S/C5H11NO3/c7-3-1-4(5(8)9)6-2-3/h3-9H,1-2H2/t3-,4-/m1/s1. The molecule has 0 bridgehead atoms. The minimum atomic E-state index is -1.35. The first-order valence-corrected chi connectivity index (χ1v) is 2.97. The van der Waals surface area contributed by atoms with Gasteiger partial charge in [0.15, 0.2) is 6.29 Å². The van der Waals surface area contributed by atoms with E-state index in [2.05, 4.69) is 5.32 Å². The van der Waals surface area contributed by atoms with E-state index in [1.807, 2.05) is 0 Å². The van der Waals surface area contributed by atoms with Crippen LogP contribution < -0.4 is 5.32 Å². The molecule has 9 heavy (non-hydrogen) atoms. The maximum atomic E-state index is 8.86. The molecule has 0 amide bonds. The Kier molecular flexibility index (Phi) is 2.02. The molecule has 0 saturated carbocycles. The quantitative estimate of drug-likeness (QED) is 0.313. The van der Waals surface area contributed by atoms with Crippen LogP contribution in [0.5, 0.6) is 0 Å². The molecule has 1 rings (SSSR count). The van der Waals surface area contributed by atoms with Crippen molar-refractivity contribution in [3.8, 4) is 0 Å². The maximum Gasteiger partial charge on any atom is 0.167 e. The molecule has 0 unspecified atom stereocenters. The number of rotatable bonds is 1. The van der Waals surface area contributed by atoms with Crippen LogP contribution in [0.25, 0.3) is 0 Å². The van der Waals surface area contributed by atoms with Gasteiger partial charge in [0.1, 0.15) is 0 Å². The zero-order valence-corrected chi connectivity index (χ0v) is 4.99. The van der Waals surface area contributed by atoms with Gasteiger partial charge in [0.05, 0.1) is 12.1 Å². The third-order valence-corrected chi connectivity index (χ3v) is 1.50. The summed E-state index contributed by atoms with van der Waals surface area (Å²) in [6, 6.07) is -0.347. The van der Waals surface area contributed by atoms with Crippen molar-refractivity contribution in [3.05, 3.63) is 0 Å². The normalized spacial score (nSPS) is 36.0. The number of hydrogen-bond acceptors (Lipinski definition) is 4. The predicted molar refractivity (Wildman–Crippen MR) is 30.6 cm³/mol. The average Bonchev–Trinajstić information content (AvgIpc) is 2.14. The van der Waals surface area contributed by atoms with Crippen LogP contribution >= 0.6 is 0 Å². The lowest BCUT2D eigenvalue weighted by atomic mass is 10.2. The number of β-amino-alcohol motifs (C(OH)–C–C–N with tert-alkyl or cyclic N) is 1. The van der Waals surface area contributed by atoms with Gasteiger partial charge in [-0.3, -0.25) is 0 Å². The lowest BCUT2D eigenvalue weighted by Crippen LogP contribution is -2.34. The SMILES string of the molecule is OC(O)[C@H]1C[C@@H](O)CN1. The molecule has 0 aliphatic carbocycles. The highest BCUT2D eigenvalue weighted by Crippen LogP contribution is 2.07. The molecule has 4 heteroatoms. The summed E-state index contributed by atoms with van der Waals surface area (Å²) < 4.78 is 0. The lowest BCUT2D eigenvalue weighted by molar-refractivity contribution is -0.0643. The molecule has 2 atom stereocenters. The Morgan fingerprint density at radius 1 is 1.44 bits per heavy atom. The van der Waals surface area contributed by atoms with Crippen LogP contribution in [0.15, 0.2) is 0 Å². The van der Waals surface area contributed by atoms with Gasteiger partial charge in [-0.25, -0.2) is 0 Å². The fourth-order valence-electron chi connectivity index (χ4n) is 0.974. The number of hydrogen-bond donors (Lipinski definition) is 4. The second-order valence-corrected chi connectivity index (χ2v) is 2.32. The number of aliphatic hydroxyl groups is 3. The smallest absolute Gasteiger partial charge is 0.167 e. The maximum absolute atomic E-state index is 8.86. The summed E-state index contributed by atoms with van der Waals surface area (Å²) in [7, 11) is 0. The molecule has 1 saturated heterocycles. The van der Waals surface area contributed by atoms with Crippen LogP contribution in [0, 0.1) is 0 Å². The Bertz CT molecular complexity index is 96.2. The summed E-state index contributed by atoms with van der Waals surface area (Å²) in [5.74, 6) is 0. The average molecular weight is 133 g/mol. The first-order chi connectivity index (χ1) is 4.20. The monoisotopic (exact) mass is 133 g/mol. The Morgan fingerprint density at radius 2 is 2.11 bits per heavy atom. The minimum Gasteiger partial charge on any atom is -0.392 e. The van der Waals surface area contributed by atoms with Crippen molar-refractivity contribution in [2.75, 3.05) is 6.54 Å². The van der Waals surface area contributed by atoms with Gasteiger partial charge in [0.25, 0.3) is 0 Å². The second kappa shape index (κ2) is 2.62. The molecule has 4 nitrogen and oxygen atoms in total. The van der Waals surface area contributed by atoms with E-state index < -0.39 is 12.4 Å². The summed E-state index contributed by atoms with van der Waals surface area (Å²) in [6.07, 6.45) is -1.34. The van der Waals surface area contributed by atoms with Crippen molar-refractivity contribution >= 4 is 0 Å². The van der Waals surface area contributed by atoms with E-state index >= 15 is 0 Å². The van der Waals surface area contributed by atoms with Crippen molar-refractivity contribution in [1.82, 2.24) is 5.32 Å². The fourth-order valence-corrected chi connectivity index (χ4v) is 0.974. The molecule has 1 aliphatic rings. The van der Waals surface area contributed by atoms with Gasteiger partial charge in [0, 0.05) is 6.54 Å². The molecule has 0 aromatic carbocycles. The fraction of sp³-hybridized carbons (Fsp3) is 1.00. The van der Waals surface area contributed by atoms with Crippen molar-refractivity contribution < 1.29 is 15.3 Å². The van der Waals surface area contributed by atoms with Crippen LogP contribution in [-0.4, -0.2) is 40.3 Å². The zero-order chi connectivity index (χ0) is 6.85. The van der Waals surface area contributed by atoms with E-state index in [-0.39, 0.29) is 6.04 Å². The van der Waals surface area contributed by atoms with E-state index in [0.717, 1.165) is 0 Å². The Hall–Kier alpha value is -0.160. The van der Waals surface area contributed by atoms with Gasteiger partial charge in [-0.2, -0.15) is 0 Å². The molecular weight excluding hydrogens is 122 g/mol. The first kappa shape index (κ1) is 6.95. The van der Waals surface area contributed by atoms with E-state index in [4.69, 9.17) is 15.3 Å². The van der Waals surface area contributed by atoms with Gasteiger partial charge >= 0.3 is 0 Å². The highest BCUT2D eigenvalue weighted by Gasteiger charge is 2.26.